The molecule has 0 unspecified atom stereocenters. The first-order valence-electron chi connectivity index (χ1n) is 7.76. The van der Waals surface area contributed by atoms with Gasteiger partial charge >= 0.3 is 0 Å². The van der Waals surface area contributed by atoms with E-state index in [-0.39, 0.29) is 12.4 Å². The van der Waals surface area contributed by atoms with Gasteiger partial charge in [0.25, 0.3) is 0 Å². The van der Waals surface area contributed by atoms with E-state index in [1.165, 1.54) is 18.4 Å². The van der Waals surface area contributed by atoms with Gasteiger partial charge in [-0.05, 0) is 63.1 Å². The summed E-state index contributed by atoms with van der Waals surface area (Å²) in [4.78, 5) is 6.54. The van der Waals surface area contributed by atoms with Gasteiger partial charge in [-0.1, -0.05) is 17.7 Å². The molecule has 0 spiro atoms. The van der Waals surface area contributed by atoms with Crippen molar-refractivity contribution in [3.63, 3.8) is 0 Å². The first-order chi connectivity index (χ1) is 10.8. The number of likely N-dealkylation sites (tertiary alicyclic amines) is 1. The van der Waals surface area contributed by atoms with Gasteiger partial charge in [0, 0.05) is 11.6 Å². The summed E-state index contributed by atoms with van der Waals surface area (Å²) >= 11 is 6.15. The van der Waals surface area contributed by atoms with Crippen LogP contribution < -0.4 is 5.32 Å². The van der Waals surface area contributed by atoms with Crippen molar-refractivity contribution < 1.29 is 0 Å². The molecule has 1 N–H and O–H groups in total. The third kappa shape index (κ3) is 4.67. The Kier molecular flexibility index (Phi) is 6.84. The number of nitrogens with one attached hydrogen (secondary N) is 1. The maximum atomic E-state index is 6.15. The molecule has 0 atom stereocenters. The van der Waals surface area contributed by atoms with E-state index in [9.17, 15) is 0 Å². The second-order valence-corrected chi connectivity index (χ2v) is 6.33. The second kappa shape index (κ2) is 8.64. The molecule has 0 amide bonds. The van der Waals surface area contributed by atoms with Crippen LogP contribution in [0.2, 0.25) is 5.02 Å². The minimum Gasteiger partial charge on any atom is -0.319 e. The van der Waals surface area contributed by atoms with Crippen molar-refractivity contribution in [3.05, 3.63) is 41.4 Å². The fourth-order valence-electron chi connectivity index (χ4n) is 3.09. The monoisotopic (exact) mass is 355 g/mol. The number of hydrogen-bond acceptors (Lipinski definition) is 4. The zero-order valence-corrected chi connectivity index (χ0v) is 14.9. The van der Waals surface area contributed by atoms with Gasteiger partial charge in [0.05, 0.1) is 5.69 Å². The lowest BCUT2D eigenvalue weighted by Crippen LogP contribution is -2.36. The molecule has 3 rings (SSSR count). The number of hydrogen-bond donors (Lipinski definition) is 1. The molecule has 0 saturated carbocycles. The summed E-state index contributed by atoms with van der Waals surface area (Å²) in [5.74, 6) is 0.807. The van der Waals surface area contributed by atoms with Gasteiger partial charge in [0.15, 0.2) is 0 Å². The van der Waals surface area contributed by atoms with Gasteiger partial charge in [-0.3, -0.25) is 4.90 Å². The largest absolute Gasteiger partial charge is 0.319 e. The van der Waals surface area contributed by atoms with Crippen LogP contribution in [0.25, 0.3) is 5.69 Å². The summed E-state index contributed by atoms with van der Waals surface area (Å²) < 4.78 is 1.79. The molecule has 1 aliphatic heterocycles. The predicted molar refractivity (Wildman–Crippen MR) is 95.5 cm³/mol. The van der Waals surface area contributed by atoms with Crippen molar-refractivity contribution >= 4 is 24.0 Å². The quantitative estimate of drug-likeness (QED) is 0.895. The number of aromatic nitrogens is 3. The Morgan fingerprint density at radius 3 is 2.74 bits per heavy atom. The van der Waals surface area contributed by atoms with Gasteiger partial charge in [-0.25, -0.2) is 9.67 Å². The zero-order chi connectivity index (χ0) is 15.4. The van der Waals surface area contributed by atoms with Crippen LogP contribution in [-0.2, 0) is 6.54 Å². The molecule has 0 bridgehead atoms. The maximum absolute atomic E-state index is 6.15. The summed E-state index contributed by atoms with van der Waals surface area (Å²) in [5, 5.41) is 8.25. The van der Waals surface area contributed by atoms with Crippen molar-refractivity contribution in [1.82, 2.24) is 25.0 Å². The van der Waals surface area contributed by atoms with E-state index in [1.807, 2.05) is 19.2 Å². The van der Waals surface area contributed by atoms with Crippen LogP contribution in [0.15, 0.2) is 30.9 Å². The number of rotatable bonds is 5. The van der Waals surface area contributed by atoms with E-state index < -0.39 is 0 Å². The molecule has 0 aliphatic carbocycles. The van der Waals surface area contributed by atoms with Crippen LogP contribution in [0, 0.1) is 5.92 Å². The Balaban J connectivity index is 0.00000192. The molecule has 1 fully saturated rings. The normalized spacial score (nSPS) is 16.3. The van der Waals surface area contributed by atoms with Crippen molar-refractivity contribution in [3.8, 4) is 5.69 Å². The second-order valence-electron chi connectivity index (χ2n) is 5.89. The highest BCUT2D eigenvalue weighted by Crippen LogP contribution is 2.23. The Morgan fingerprint density at radius 2 is 2.09 bits per heavy atom. The van der Waals surface area contributed by atoms with E-state index >= 15 is 0 Å². The molecule has 5 nitrogen and oxygen atoms in total. The molecule has 1 saturated heterocycles. The van der Waals surface area contributed by atoms with Crippen LogP contribution in [0.3, 0.4) is 0 Å². The Hall–Kier alpha value is -1.14. The van der Waals surface area contributed by atoms with Crippen molar-refractivity contribution in [1.29, 1.82) is 0 Å². The van der Waals surface area contributed by atoms with Gasteiger partial charge < -0.3 is 5.32 Å². The summed E-state index contributed by atoms with van der Waals surface area (Å²) in [6.07, 6.45) is 5.78. The average molecular weight is 356 g/mol. The van der Waals surface area contributed by atoms with Crippen molar-refractivity contribution in [2.45, 2.75) is 19.4 Å². The van der Waals surface area contributed by atoms with E-state index in [4.69, 9.17) is 11.6 Å². The van der Waals surface area contributed by atoms with Crippen molar-refractivity contribution in [2.24, 2.45) is 5.92 Å². The van der Waals surface area contributed by atoms with Gasteiger partial charge in [-0.2, -0.15) is 5.10 Å². The molecule has 23 heavy (non-hydrogen) atoms. The van der Waals surface area contributed by atoms with E-state index in [2.05, 4.69) is 26.4 Å². The molecule has 1 aromatic carbocycles. The molecule has 1 aromatic heterocycles. The van der Waals surface area contributed by atoms with E-state index in [1.54, 1.807) is 17.3 Å². The Labute approximate surface area is 148 Å². The highest BCUT2D eigenvalue weighted by molar-refractivity contribution is 6.30. The molecule has 2 aromatic rings. The molecule has 2 heterocycles. The first kappa shape index (κ1) is 18.2. The van der Waals surface area contributed by atoms with Crippen LogP contribution in [0.1, 0.15) is 18.4 Å². The smallest absolute Gasteiger partial charge is 0.138 e. The molecular weight excluding hydrogens is 333 g/mol. The van der Waals surface area contributed by atoms with Crippen molar-refractivity contribution in [2.75, 3.05) is 26.7 Å². The summed E-state index contributed by atoms with van der Waals surface area (Å²) in [6.45, 7) is 4.34. The minimum atomic E-state index is 0. The Morgan fingerprint density at radius 1 is 1.30 bits per heavy atom. The molecule has 7 heteroatoms. The number of halogens is 2. The number of benzene rings is 1. The third-order valence-corrected chi connectivity index (χ3v) is 4.54. The number of piperidine rings is 1. The maximum Gasteiger partial charge on any atom is 0.138 e. The first-order valence-corrected chi connectivity index (χ1v) is 8.14. The van der Waals surface area contributed by atoms with Gasteiger partial charge in [-0.15, -0.1) is 12.4 Å². The third-order valence-electron chi connectivity index (χ3n) is 4.31. The van der Waals surface area contributed by atoms with Gasteiger partial charge in [0.2, 0.25) is 0 Å². The van der Waals surface area contributed by atoms with E-state index in [0.717, 1.165) is 42.8 Å². The summed E-state index contributed by atoms with van der Waals surface area (Å²) in [5.41, 5.74) is 2.25. The van der Waals surface area contributed by atoms with Crippen LogP contribution in [0.4, 0.5) is 0 Å². The summed E-state index contributed by atoms with van der Waals surface area (Å²) in [7, 11) is 2.03. The van der Waals surface area contributed by atoms with Gasteiger partial charge in [0.1, 0.15) is 12.7 Å². The molecular formula is C16H23Cl2N5. The van der Waals surface area contributed by atoms with Crippen LogP contribution >= 0.6 is 24.0 Å². The lowest BCUT2D eigenvalue weighted by Gasteiger charge is -2.32. The lowest BCUT2D eigenvalue weighted by molar-refractivity contribution is 0.176. The highest BCUT2D eigenvalue weighted by Gasteiger charge is 2.19. The molecule has 126 valence electrons. The standard InChI is InChI=1S/C16H22ClN5.ClH/c1-18-9-13-4-6-21(7-5-13)10-14-2-3-15(17)8-16(14)22-12-19-11-20-22;/h2-3,8,11-13,18H,4-7,9-10H2,1H3;1H. The van der Waals surface area contributed by atoms with Crippen LogP contribution in [-0.4, -0.2) is 46.3 Å². The minimum absolute atomic E-state index is 0. The topological polar surface area (TPSA) is 46.0 Å². The number of nitrogens with zero attached hydrogens (tertiary/aromatic N) is 4. The fraction of sp³-hybridized carbons (Fsp3) is 0.500. The molecule has 1 aliphatic rings. The lowest BCUT2D eigenvalue weighted by atomic mass is 9.96. The van der Waals surface area contributed by atoms with E-state index in [0.29, 0.717) is 0 Å². The zero-order valence-electron chi connectivity index (χ0n) is 13.3. The summed E-state index contributed by atoms with van der Waals surface area (Å²) in [6, 6.07) is 6.00. The Bertz CT molecular complexity index is 595. The predicted octanol–water partition coefficient (Wildman–Crippen LogP) is 2.77. The fourth-order valence-corrected chi connectivity index (χ4v) is 3.26. The SMILES string of the molecule is CNCC1CCN(Cc2ccc(Cl)cc2-n2cncn2)CC1.Cl. The van der Waals surface area contributed by atoms with Crippen LogP contribution in [0.5, 0.6) is 0 Å². The molecule has 0 radical (unpaired) electrons. The average Bonchev–Trinajstić information content (AvgIpc) is 3.05. The highest BCUT2D eigenvalue weighted by atomic mass is 35.5.